The molecule has 1 aliphatic carbocycles. The first kappa shape index (κ1) is 7.80. The monoisotopic (exact) mass is 139 g/mol. The van der Waals surface area contributed by atoms with E-state index in [4.69, 9.17) is 5.73 Å². The summed E-state index contributed by atoms with van der Waals surface area (Å²) >= 11 is 0. The third kappa shape index (κ3) is 2.14. The third-order valence-corrected chi connectivity index (χ3v) is 2.32. The molecule has 1 atom stereocenters. The van der Waals surface area contributed by atoms with Crippen molar-refractivity contribution >= 4 is 0 Å². The molecule has 2 N–H and O–H groups in total. The van der Waals surface area contributed by atoms with Crippen LogP contribution in [-0.2, 0) is 0 Å². The Morgan fingerprint density at radius 1 is 1.70 bits per heavy atom. The molecular formula is C9H17N. The van der Waals surface area contributed by atoms with E-state index in [-0.39, 0.29) is 0 Å². The van der Waals surface area contributed by atoms with Gasteiger partial charge >= 0.3 is 0 Å². The van der Waals surface area contributed by atoms with Crippen molar-refractivity contribution in [3.8, 4) is 0 Å². The molecule has 58 valence electrons. The minimum Gasteiger partial charge on any atom is -0.330 e. The van der Waals surface area contributed by atoms with Gasteiger partial charge in [0.05, 0.1) is 0 Å². The van der Waals surface area contributed by atoms with Crippen molar-refractivity contribution in [2.24, 2.45) is 11.7 Å². The van der Waals surface area contributed by atoms with Gasteiger partial charge in [-0.3, -0.25) is 0 Å². The smallest absolute Gasteiger partial charge is 0.00459 e. The molecule has 0 aliphatic heterocycles. The Morgan fingerprint density at radius 2 is 2.50 bits per heavy atom. The highest BCUT2D eigenvalue weighted by Crippen LogP contribution is 2.20. The van der Waals surface area contributed by atoms with Crippen molar-refractivity contribution in [1.82, 2.24) is 0 Å². The lowest BCUT2D eigenvalue weighted by atomic mass is 10.0. The molecule has 0 saturated carbocycles. The molecule has 0 aromatic rings. The summed E-state index contributed by atoms with van der Waals surface area (Å²) in [4.78, 5) is 0. The van der Waals surface area contributed by atoms with Gasteiger partial charge in [-0.25, -0.2) is 0 Å². The summed E-state index contributed by atoms with van der Waals surface area (Å²) in [6.07, 6.45) is 7.51. The highest BCUT2D eigenvalue weighted by Gasteiger charge is 2.08. The van der Waals surface area contributed by atoms with Crippen LogP contribution in [0.25, 0.3) is 0 Å². The first-order valence-corrected chi connectivity index (χ1v) is 4.18. The van der Waals surface area contributed by atoms with Crippen LogP contribution in [0.15, 0.2) is 11.6 Å². The van der Waals surface area contributed by atoms with Gasteiger partial charge in [-0.2, -0.15) is 0 Å². The lowest BCUT2D eigenvalue weighted by molar-refractivity contribution is 0.496. The summed E-state index contributed by atoms with van der Waals surface area (Å²) < 4.78 is 0. The van der Waals surface area contributed by atoms with Gasteiger partial charge in [0.2, 0.25) is 0 Å². The van der Waals surface area contributed by atoms with E-state index in [0.29, 0.717) is 0 Å². The molecule has 0 saturated heterocycles. The highest BCUT2D eigenvalue weighted by molar-refractivity contribution is 5.00. The van der Waals surface area contributed by atoms with E-state index in [1.165, 1.54) is 25.7 Å². The van der Waals surface area contributed by atoms with Gasteiger partial charge in [0.1, 0.15) is 0 Å². The fraction of sp³-hybridized carbons (Fsp3) is 0.778. The topological polar surface area (TPSA) is 26.0 Å². The summed E-state index contributed by atoms with van der Waals surface area (Å²) in [5, 5.41) is 0. The molecule has 0 fully saturated rings. The lowest BCUT2D eigenvalue weighted by Crippen LogP contribution is -2.12. The molecule has 0 aromatic heterocycles. The van der Waals surface area contributed by atoms with E-state index in [9.17, 15) is 0 Å². The number of hydrogen-bond donors (Lipinski definition) is 1. The Kier molecular flexibility index (Phi) is 2.94. The second-order valence-electron chi connectivity index (χ2n) is 3.28. The van der Waals surface area contributed by atoms with Crippen LogP contribution < -0.4 is 5.73 Å². The maximum atomic E-state index is 5.59. The number of hydrogen-bond acceptors (Lipinski definition) is 1. The number of allylic oxidation sites excluding steroid dienone is 2. The Labute approximate surface area is 63.3 Å². The average molecular weight is 139 g/mol. The molecule has 1 nitrogen and oxygen atoms in total. The van der Waals surface area contributed by atoms with Crippen molar-refractivity contribution in [2.75, 3.05) is 6.54 Å². The minimum atomic E-state index is 0.762. The maximum absolute atomic E-state index is 5.59. The predicted octanol–water partition coefficient (Wildman–Crippen LogP) is 2.08. The quantitative estimate of drug-likeness (QED) is 0.553. The van der Waals surface area contributed by atoms with E-state index < -0.39 is 0 Å². The molecule has 1 heteroatoms. The van der Waals surface area contributed by atoms with E-state index in [1.54, 1.807) is 5.57 Å². The lowest BCUT2D eigenvalue weighted by Gasteiger charge is -2.07. The van der Waals surface area contributed by atoms with Crippen molar-refractivity contribution in [3.05, 3.63) is 11.6 Å². The van der Waals surface area contributed by atoms with Gasteiger partial charge in [-0.05, 0) is 45.1 Å². The van der Waals surface area contributed by atoms with Crippen molar-refractivity contribution in [3.63, 3.8) is 0 Å². The molecule has 10 heavy (non-hydrogen) atoms. The average Bonchev–Trinajstić information content (AvgIpc) is 2.14. The van der Waals surface area contributed by atoms with Crippen LogP contribution in [0, 0.1) is 5.92 Å². The van der Waals surface area contributed by atoms with Crippen molar-refractivity contribution in [2.45, 2.75) is 32.6 Å². The molecule has 1 aliphatic rings. The first-order valence-electron chi connectivity index (χ1n) is 4.18. The van der Waals surface area contributed by atoms with Gasteiger partial charge < -0.3 is 5.73 Å². The van der Waals surface area contributed by atoms with Crippen LogP contribution >= 0.6 is 0 Å². The first-order chi connectivity index (χ1) is 4.83. The Hall–Kier alpha value is -0.300. The van der Waals surface area contributed by atoms with Crippen LogP contribution in [0.5, 0.6) is 0 Å². The summed E-state index contributed by atoms with van der Waals surface area (Å²) in [7, 11) is 0. The standard InChI is InChI=1S/C9H17N/c1-8-3-2-4-9(7-10)6-5-8/h5,9H,2-4,6-7,10H2,1H3. The van der Waals surface area contributed by atoms with E-state index in [2.05, 4.69) is 13.0 Å². The van der Waals surface area contributed by atoms with Crippen LogP contribution in [0.1, 0.15) is 32.6 Å². The van der Waals surface area contributed by atoms with Crippen LogP contribution in [-0.4, -0.2) is 6.54 Å². The maximum Gasteiger partial charge on any atom is -0.00459 e. The molecule has 0 aromatic carbocycles. The summed E-state index contributed by atoms with van der Waals surface area (Å²) in [5.74, 6) is 0.762. The largest absolute Gasteiger partial charge is 0.330 e. The fourth-order valence-electron chi connectivity index (χ4n) is 1.47. The van der Waals surface area contributed by atoms with Crippen LogP contribution in [0.4, 0.5) is 0 Å². The zero-order chi connectivity index (χ0) is 7.40. The fourth-order valence-corrected chi connectivity index (χ4v) is 1.47. The Morgan fingerprint density at radius 3 is 3.20 bits per heavy atom. The Bertz CT molecular complexity index is 127. The molecule has 0 heterocycles. The number of rotatable bonds is 1. The molecule has 0 amide bonds. The van der Waals surface area contributed by atoms with E-state index in [1.807, 2.05) is 0 Å². The van der Waals surface area contributed by atoms with Gasteiger partial charge in [0.25, 0.3) is 0 Å². The zero-order valence-corrected chi connectivity index (χ0v) is 6.77. The Balaban J connectivity index is 2.40. The van der Waals surface area contributed by atoms with Crippen molar-refractivity contribution in [1.29, 1.82) is 0 Å². The number of nitrogens with two attached hydrogens (primary N) is 1. The van der Waals surface area contributed by atoms with E-state index >= 15 is 0 Å². The second kappa shape index (κ2) is 3.77. The zero-order valence-electron chi connectivity index (χ0n) is 6.77. The SMILES string of the molecule is CC1=CCC(CN)CCC1. The molecular weight excluding hydrogens is 122 g/mol. The van der Waals surface area contributed by atoms with Gasteiger partial charge in [-0.15, -0.1) is 0 Å². The summed E-state index contributed by atoms with van der Waals surface area (Å²) in [6.45, 7) is 3.09. The molecule has 0 bridgehead atoms. The highest BCUT2D eigenvalue weighted by atomic mass is 14.5. The summed E-state index contributed by atoms with van der Waals surface area (Å²) in [5.41, 5.74) is 7.14. The van der Waals surface area contributed by atoms with Crippen molar-refractivity contribution < 1.29 is 0 Å². The third-order valence-electron chi connectivity index (χ3n) is 2.32. The van der Waals surface area contributed by atoms with Gasteiger partial charge in [0, 0.05) is 0 Å². The molecule has 0 radical (unpaired) electrons. The van der Waals surface area contributed by atoms with Crippen LogP contribution in [0.2, 0.25) is 0 Å². The molecule has 1 unspecified atom stereocenters. The van der Waals surface area contributed by atoms with Gasteiger partial charge in [0.15, 0.2) is 0 Å². The molecule has 1 rings (SSSR count). The predicted molar refractivity (Wildman–Crippen MR) is 44.8 cm³/mol. The van der Waals surface area contributed by atoms with Gasteiger partial charge in [-0.1, -0.05) is 11.6 Å². The molecule has 0 spiro atoms. The normalized spacial score (nSPS) is 27.4. The van der Waals surface area contributed by atoms with Crippen LogP contribution in [0.3, 0.4) is 0 Å². The second-order valence-corrected chi connectivity index (χ2v) is 3.28. The van der Waals surface area contributed by atoms with E-state index in [0.717, 1.165) is 12.5 Å². The summed E-state index contributed by atoms with van der Waals surface area (Å²) in [6, 6.07) is 0. The minimum absolute atomic E-state index is 0.762.